The molecule has 0 unspecified atom stereocenters. The van der Waals surface area contributed by atoms with Crippen molar-refractivity contribution >= 4 is 38.6 Å². The fraction of sp³-hybridized carbons (Fsp3) is 0.0566. The lowest BCUT2D eigenvalue weighted by Crippen LogP contribution is -2.16. The van der Waals surface area contributed by atoms with Gasteiger partial charge in [-0.2, -0.15) is 0 Å². The molecule has 0 heterocycles. The summed E-state index contributed by atoms with van der Waals surface area (Å²) in [4.78, 5) is 2.44. The molecule has 0 atom stereocenters. The molecular weight excluding hydrogens is 651 g/mol. The summed E-state index contributed by atoms with van der Waals surface area (Å²) in [7, 11) is 0. The third-order valence-electron chi connectivity index (χ3n) is 11.5. The number of hydrogen-bond donors (Lipinski definition) is 0. The largest absolute Gasteiger partial charge is 0.310 e. The van der Waals surface area contributed by atoms with E-state index in [2.05, 4.69) is 219 Å². The van der Waals surface area contributed by atoms with Crippen molar-refractivity contribution in [3.8, 4) is 44.5 Å². The highest BCUT2D eigenvalue weighted by atomic mass is 15.1. The Labute approximate surface area is 317 Å². The van der Waals surface area contributed by atoms with Gasteiger partial charge in [-0.25, -0.2) is 0 Å². The van der Waals surface area contributed by atoms with E-state index in [4.69, 9.17) is 0 Å². The summed E-state index contributed by atoms with van der Waals surface area (Å²) in [6.07, 6.45) is 0. The van der Waals surface area contributed by atoms with Gasteiger partial charge < -0.3 is 4.90 Å². The van der Waals surface area contributed by atoms with Gasteiger partial charge in [-0.15, -0.1) is 0 Å². The van der Waals surface area contributed by atoms with Crippen molar-refractivity contribution in [2.75, 3.05) is 4.90 Å². The van der Waals surface area contributed by atoms with Crippen LogP contribution in [0.5, 0.6) is 0 Å². The maximum atomic E-state index is 2.44. The molecule has 9 aromatic carbocycles. The van der Waals surface area contributed by atoms with Gasteiger partial charge in [0.05, 0.1) is 5.69 Å². The highest BCUT2D eigenvalue weighted by molar-refractivity contribution is 5.98. The summed E-state index contributed by atoms with van der Waals surface area (Å²) in [6.45, 7) is 4.71. The summed E-state index contributed by atoms with van der Waals surface area (Å²) in [5.74, 6) is 0. The lowest BCUT2D eigenvalue weighted by Gasteiger charge is -2.29. The number of nitrogens with zero attached hydrogens (tertiary/aromatic N) is 1. The highest BCUT2D eigenvalue weighted by Crippen LogP contribution is 2.54. The first kappa shape index (κ1) is 32.0. The fourth-order valence-corrected chi connectivity index (χ4v) is 8.67. The molecule has 10 rings (SSSR count). The fourth-order valence-electron chi connectivity index (χ4n) is 8.67. The molecule has 1 nitrogen and oxygen atoms in total. The van der Waals surface area contributed by atoms with E-state index < -0.39 is 0 Å². The third-order valence-corrected chi connectivity index (χ3v) is 11.5. The Bertz CT molecular complexity index is 2840. The minimum Gasteiger partial charge on any atom is -0.310 e. The molecule has 0 saturated heterocycles. The Hall–Kier alpha value is -6.70. The second-order valence-electron chi connectivity index (χ2n) is 15.0. The van der Waals surface area contributed by atoms with Crippen LogP contribution in [0.3, 0.4) is 0 Å². The molecule has 0 saturated carbocycles. The Balaban J connectivity index is 1.08. The monoisotopic (exact) mass is 689 g/mol. The average Bonchev–Trinajstić information content (AvgIpc) is 3.47. The Kier molecular flexibility index (Phi) is 7.56. The van der Waals surface area contributed by atoms with Crippen LogP contribution in [0.4, 0.5) is 17.1 Å². The van der Waals surface area contributed by atoms with Crippen LogP contribution in [0.2, 0.25) is 0 Å². The van der Waals surface area contributed by atoms with Crippen molar-refractivity contribution in [1.29, 1.82) is 0 Å². The van der Waals surface area contributed by atoms with Crippen LogP contribution in [-0.2, 0) is 5.41 Å². The Morgan fingerprint density at radius 1 is 0.352 bits per heavy atom. The molecule has 54 heavy (non-hydrogen) atoms. The molecule has 0 aliphatic heterocycles. The first-order chi connectivity index (χ1) is 26.5. The highest BCUT2D eigenvalue weighted by Gasteiger charge is 2.37. The van der Waals surface area contributed by atoms with Gasteiger partial charge in [-0.05, 0) is 114 Å². The number of hydrogen-bond acceptors (Lipinski definition) is 1. The third kappa shape index (κ3) is 5.32. The molecule has 0 bridgehead atoms. The van der Waals surface area contributed by atoms with Gasteiger partial charge in [-0.1, -0.05) is 172 Å². The Morgan fingerprint density at radius 2 is 0.889 bits per heavy atom. The van der Waals surface area contributed by atoms with Gasteiger partial charge in [0.1, 0.15) is 0 Å². The van der Waals surface area contributed by atoms with E-state index in [0.29, 0.717) is 0 Å². The summed E-state index contributed by atoms with van der Waals surface area (Å²) in [6, 6.07) is 73.4. The lowest BCUT2D eigenvalue weighted by molar-refractivity contribution is 0.660. The van der Waals surface area contributed by atoms with Crippen LogP contribution in [0.1, 0.15) is 25.0 Å². The first-order valence-corrected chi connectivity index (χ1v) is 18.8. The predicted octanol–water partition coefficient (Wildman–Crippen LogP) is 14.8. The first-order valence-electron chi connectivity index (χ1n) is 18.8. The molecule has 1 aliphatic rings. The quantitative estimate of drug-likeness (QED) is 0.168. The van der Waals surface area contributed by atoms with Crippen molar-refractivity contribution in [3.05, 3.63) is 211 Å². The zero-order valence-corrected chi connectivity index (χ0v) is 30.5. The maximum Gasteiger partial charge on any atom is 0.0543 e. The van der Waals surface area contributed by atoms with Crippen LogP contribution < -0.4 is 4.90 Å². The van der Waals surface area contributed by atoms with Crippen LogP contribution in [-0.4, -0.2) is 0 Å². The van der Waals surface area contributed by atoms with E-state index in [0.717, 1.165) is 11.4 Å². The molecule has 256 valence electrons. The second-order valence-corrected chi connectivity index (χ2v) is 15.0. The molecule has 0 fully saturated rings. The SMILES string of the molecule is CC1(C)c2ccccc2-c2c(N(c3ccc(-c4cccc(-c5ccc6ccccc6c5)c4)cc3)c3ccc(-c4cccc5ccccc45)cc3)cccc21. The normalized spacial score (nSPS) is 12.8. The van der Waals surface area contributed by atoms with Gasteiger partial charge in [-0.3, -0.25) is 0 Å². The van der Waals surface area contributed by atoms with E-state index in [-0.39, 0.29) is 5.41 Å². The number of benzene rings is 9. The standard InChI is InChI=1S/C53H39N/c1-53(2)49-21-8-7-19-48(49)52-50(53)22-11-23-51(52)54(45-32-28-39(29-33-45)47-20-10-15-38-13-5-6-18-46(38)47)44-30-26-37(27-31-44)41-16-9-17-42(34-41)43-25-24-36-12-3-4-14-40(36)35-43/h3-35H,1-2H3. The molecule has 0 N–H and O–H groups in total. The van der Waals surface area contributed by atoms with Gasteiger partial charge in [0.2, 0.25) is 0 Å². The second kappa shape index (κ2) is 12.8. The molecule has 1 heteroatoms. The smallest absolute Gasteiger partial charge is 0.0543 e. The van der Waals surface area contributed by atoms with E-state index in [1.54, 1.807) is 0 Å². The molecule has 0 spiro atoms. The summed E-state index contributed by atoms with van der Waals surface area (Å²) >= 11 is 0. The number of fused-ring (bicyclic) bond motifs is 5. The van der Waals surface area contributed by atoms with E-state index in [1.165, 1.54) is 82.9 Å². The van der Waals surface area contributed by atoms with E-state index >= 15 is 0 Å². The van der Waals surface area contributed by atoms with Crippen LogP contribution >= 0.6 is 0 Å². The van der Waals surface area contributed by atoms with Gasteiger partial charge in [0.25, 0.3) is 0 Å². The van der Waals surface area contributed by atoms with Crippen molar-refractivity contribution in [2.24, 2.45) is 0 Å². The number of anilines is 3. The summed E-state index contributed by atoms with van der Waals surface area (Å²) < 4.78 is 0. The Morgan fingerprint density at radius 3 is 1.69 bits per heavy atom. The minimum atomic E-state index is -0.0915. The summed E-state index contributed by atoms with van der Waals surface area (Å²) in [5.41, 5.74) is 16.0. The van der Waals surface area contributed by atoms with Crippen molar-refractivity contribution in [2.45, 2.75) is 19.3 Å². The minimum absolute atomic E-state index is 0.0915. The van der Waals surface area contributed by atoms with E-state index in [9.17, 15) is 0 Å². The van der Waals surface area contributed by atoms with Crippen molar-refractivity contribution in [1.82, 2.24) is 0 Å². The van der Waals surface area contributed by atoms with Gasteiger partial charge >= 0.3 is 0 Å². The zero-order chi connectivity index (χ0) is 36.2. The molecule has 0 radical (unpaired) electrons. The van der Waals surface area contributed by atoms with Crippen LogP contribution in [0.25, 0.3) is 66.1 Å². The molecule has 9 aromatic rings. The van der Waals surface area contributed by atoms with E-state index in [1.807, 2.05) is 0 Å². The average molecular weight is 690 g/mol. The molecule has 1 aliphatic carbocycles. The van der Waals surface area contributed by atoms with Crippen LogP contribution in [0.15, 0.2) is 200 Å². The van der Waals surface area contributed by atoms with Gasteiger partial charge in [0.15, 0.2) is 0 Å². The zero-order valence-electron chi connectivity index (χ0n) is 30.5. The topological polar surface area (TPSA) is 3.24 Å². The summed E-state index contributed by atoms with van der Waals surface area (Å²) in [5, 5.41) is 5.04. The molecule has 0 amide bonds. The maximum absolute atomic E-state index is 2.44. The van der Waals surface area contributed by atoms with Crippen molar-refractivity contribution in [3.63, 3.8) is 0 Å². The van der Waals surface area contributed by atoms with Crippen molar-refractivity contribution < 1.29 is 0 Å². The molecule has 0 aromatic heterocycles. The lowest BCUT2D eigenvalue weighted by atomic mass is 9.82. The van der Waals surface area contributed by atoms with Crippen LogP contribution in [0, 0.1) is 0 Å². The molecular formula is C53H39N. The predicted molar refractivity (Wildman–Crippen MR) is 230 cm³/mol. The number of rotatable bonds is 6. The van der Waals surface area contributed by atoms with Gasteiger partial charge in [0, 0.05) is 22.4 Å².